The number of carbonyl (C=O) groups excluding carboxylic acids is 3. The number of hydrogen-bond donors (Lipinski definition) is 3. The molecular formula is C30H46Cl2N6O7. The number of hydrogen-bond acceptors (Lipinski definition) is 8. The number of allylic oxidation sites excluding steroid dienone is 1. The van der Waals surface area contributed by atoms with Crippen molar-refractivity contribution < 1.29 is 33.8 Å². The van der Waals surface area contributed by atoms with E-state index >= 15 is 0 Å². The first-order valence-corrected chi connectivity index (χ1v) is 14.2. The molecule has 0 spiro atoms. The van der Waals surface area contributed by atoms with Gasteiger partial charge in [-0.25, -0.2) is 14.4 Å². The van der Waals surface area contributed by atoms with Crippen LogP contribution in [0.1, 0.15) is 83.3 Å². The topological polar surface area (TPSA) is 168 Å². The van der Waals surface area contributed by atoms with Crippen LogP contribution in [0.15, 0.2) is 35.3 Å². The van der Waals surface area contributed by atoms with Gasteiger partial charge in [-0.1, -0.05) is 11.6 Å². The summed E-state index contributed by atoms with van der Waals surface area (Å²) >= 11 is 11.1. The minimum absolute atomic E-state index is 0.0936. The van der Waals surface area contributed by atoms with Crippen LogP contribution < -0.4 is 10.6 Å². The highest BCUT2D eigenvalue weighted by Crippen LogP contribution is 2.17. The van der Waals surface area contributed by atoms with E-state index in [2.05, 4.69) is 10.6 Å². The highest BCUT2D eigenvalue weighted by atomic mass is 35.5. The van der Waals surface area contributed by atoms with Gasteiger partial charge in [0.25, 0.3) is 5.24 Å². The van der Waals surface area contributed by atoms with E-state index in [1.165, 1.54) is 34.4 Å². The first-order chi connectivity index (χ1) is 20.3. The fraction of sp³-hybridized carbons (Fsp3) is 0.500. The molecular weight excluding hydrogens is 627 g/mol. The van der Waals surface area contributed by atoms with Gasteiger partial charge in [0, 0.05) is 47.5 Å². The largest absolute Gasteiger partial charge is 0.477 e. The molecule has 15 heteroatoms. The van der Waals surface area contributed by atoms with E-state index in [0.29, 0.717) is 17.1 Å². The maximum Gasteiger partial charge on any atom is 0.412 e. The second kappa shape index (κ2) is 19.3. The molecule has 0 aliphatic heterocycles. The van der Waals surface area contributed by atoms with Crippen LogP contribution >= 0.6 is 23.2 Å². The molecule has 0 saturated carbocycles. The first kappa shape index (κ1) is 43.0. The molecule has 2 aromatic rings. The number of nitrogens with zero attached hydrogens (tertiary/aromatic N) is 4. The van der Waals surface area contributed by atoms with Gasteiger partial charge in [-0.3, -0.25) is 15.4 Å². The lowest BCUT2D eigenvalue weighted by Crippen LogP contribution is -2.27. The van der Waals surface area contributed by atoms with Crippen molar-refractivity contribution >= 4 is 58.0 Å². The third kappa shape index (κ3) is 19.7. The van der Waals surface area contributed by atoms with Gasteiger partial charge in [0.2, 0.25) is 0 Å². The van der Waals surface area contributed by atoms with Crippen molar-refractivity contribution in [3.8, 4) is 6.07 Å². The number of ether oxygens (including phenoxy) is 2. The van der Waals surface area contributed by atoms with Gasteiger partial charge < -0.3 is 28.6 Å². The van der Waals surface area contributed by atoms with Crippen molar-refractivity contribution in [2.75, 3.05) is 24.7 Å². The van der Waals surface area contributed by atoms with Gasteiger partial charge in [-0.2, -0.15) is 5.26 Å². The van der Waals surface area contributed by atoms with E-state index < -0.39 is 34.6 Å². The summed E-state index contributed by atoms with van der Waals surface area (Å²) in [4.78, 5) is 46.6. The molecule has 45 heavy (non-hydrogen) atoms. The number of carboxylic acids is 1. The number of aromatic nitrogens is 2. The quantitative estimate of drug-likeness (QED) is 0.216. The first-order valence-electron chi connectivity index (χ1n) is 13.4. The Bertz CT molecular complexity index is 1290. The molecule has 0 aliphatic rings. The number of aryl methyl sites for hydroxylation is 2. The highest BCUT2D eigenvalue weighted by Gasteiger charge is 2.19. The zero-order valence-corrected chi connectivity index (χ0v) is 29.8. The number of amides is 2. The number of nitriles is 1. The zero-order chi connectivity index (χ0) is 35.9. The van der Waals surface area contributed by atoms with E-state index in [-0.39, 0.29) is 5.69 Å². The molecule has 2 amide bonds. The zero-order valence-electron chi connectivity index (χ0n) is 28.3. The Kier molecular flexibility index (Phi) is 18.4. The Balaban J connectivity index is 0. The van der Waals surface area contributed by atoms with E-state index in [4.69, 9.17) is 43.0 Å². The van der Waals surface area contributed by atoms with Crippen LogP contribution in [0.5, 0.6) is 0 Å². The summed E-state index contributed by atoms with van der Waals surface area (Å²) in [5.41, 5.74) is 1.24. The smallest absolute Gasteiger partial charge is 0.412 e. The summed E-state index contributed by atoms with van der Waals surface area (Å²) in [5, 5.41) is 21.4. The predicted molar refractivity (Wildman–Crippen MR) is 177 cm³/mol. The Morgan fingerprint density at radius 1 is 0.844 bits per heavy atom. The third-order valence-corrected chi connectivity index (χ3v) is 5.44. The van der Waals surface area contributed by atoms with Gasteiger partial charge in [0.15, 0.2) is 0 Å². The second-order valence-corrected chi connectivity index (χ2v) is 12.4. The van der Waals surface area contributed by atoms with Gasteiger partial charge in [0.05, 0.1) is 17.4 Å². The van der Waals surface area contributed by atoms with Gasteiger partial charge in [-0.05, 0) is 84.7 Å². The fourth-order valence-corrected chi connectivity index (χ4v) is 3.15. The molecule has 2 aromatic heterocycles. The number of rotatable bonds is 5. The molecule has 0 atom stereocenters. The maximum absolute atomic E-state index is 11.5. The van der Waals surface area contributed by atoms with Gasteiger partial charge in [0.1, 0.15) is 27.7 Å². The van der Waals surface area contributed by atoms with Gasteiger partial charge in [-0.15, -0.1) is 0 Å². The van der Waals surface area contributed by atoms with Crippen LogP contribution in [0.25, 0.3) is 0 Å². The molecule has 0 unspecified atom stereocenters. The van der Waals surface area contributed by atoms with E-state index in [1.54, 1.807) is 67.9 Å². The van der Waals surface area contributed by atoms with Crippen LogP contribution in [0, 0.1) is 11.3 Å². The second-order valence-electron chi connectivity index (χ2n) is 11.7. The van der Waals surface area contributed by atoms with Crippen LogP contribution in [0.3, 0.4) is 0 Å². The van der Waals surface area contributed by atoms with Crippen LogP contribution in [0.4, 0.5) is 21.0 Å². The van der Waals surface area contributed by atoms with E-state index in [9.17, 15) is 19.2 Å². The number of halogens is 2. The number of nitrogens with one attached hydrogen (secondary N) is 2. The Labute approximate surface area is 275 Å². The van der Waals surface area contributed by atoms with Crippen molar-refractivity contribution in [2.24, 2.45) is 14.1 Å². The summed E-state index contributed by atoms with van der Waals surface area (Å²) < 4.78 is 13.1. The number of carbonyl (C=O) groups is 4. The Morgan fingerprint density at radius 3 is 1.38 bits per heavy atom. The van der Waals surface area contributed by atoms with Crippen LogP contribution in [0.2, 0.25) is 0 Å². The van der Waals surface area contributed by atoms with Crippen molar-refractivity contribution in [1.82, 2.24) is 14.0 Å². The minimum atomic E-state index is -1.05. The molecule has 0 saturated heterocycles. The molecule has 2 rings (SSSR count). The van der Waals surface area contributed by atoms with Crippen LogP contribution in [-0.2, 0) is 23.6 Å². The lowest BCUT2D eigenvalue weighted by atomic mass is 10.2. The third-order valence-electron chi connectivity index (χ3n) is 4.53. The molecule has 13 nitrogen and oxygen atoms in total. The van der Waals surface area contributed by atoms with E-state index in [0.717, 1.165) is 10.7 Å². The summed E-state index contributed by atoms with van der Waals surface area (Å²) in [7, 11) is 7.10. The maximum atomic E-state index is 11.5. The van der Waals surface area contributed by atoms with Crippen molar-refractivity contribution in [2.45, 2.75) is 73.5 Å². The molecule has 0 aliphatic carbocycles. The number of anilines is 2. The molecule has 2 heterocycles. The average Bonchev–Trinajstić information content (AvgIpc) is 3.38. The average molecular weight is 674 g/mol. The van der Waals surface area contributed by atoms with E-state index in [1.807, 2.05) is 32.8 Å². The lowest BCUT2D eigenvalue weighted by Gasteiger charge is -2.19. The lowest BCUT2D eigenvalue weighted by molar-refractivity contribution is 0.0624. The molecule has 0 radical (unpaired) electrons. The highest BCUT2D eigenvalue weighted by molar-refractivity contribution is 6.67. The predicted octanol–water partition coefficient (Wildman–Crippen LogP) is 7.39. The molecule has 0 fully saturated rings. The number of carboxylic acid groups (broad SMARTS) is 1. The molecule has 252 valence electrons. The monoisotopic (exact) mass is 672 g/mol. The summed E-state index contributed by atoms with van der Waals surface area (Å²) in [5.74, 6) is -1.05. The summed E-state index contributed by atoms with van der Waals surface area (Å²) in [6.07, 6.45) is 1.91. The van der Waals surface area contributed by atoms with Crippen LogP contribution in [-0.4, -0.2) is 67.8 Å². The van der Waals surface area contributed by atoms with Gasteiger partial charge >= 0.3 is 18.2 Å². The van der Waals surface area contributed by atoms with Crippen molar-refractivity contribution in [3.05, 3.63) is 46.6 Å². The fourth-order valence-electron chi connectivity index (χ4n) is 2.96. The normalized spacial score (nSPS) is 10.1. The van der Waals surface area contributed by atoms with Crippen molar-refractivity contribution in [1.29, 1.82) is 5.26 Å². The molecule has 3 N–H and O–H groups in total. The summed E-state index contributed by atoms with van der Waals surface area (Å²) in [6, 6.07) is 4.60. The molecule has 0 aromatic carbocycles. The van der Waals surface area contributed by atoms with Crippen molar-refractivity contribution in [3.63, 3.8) is 0 Å². The summed E-state index contributed by atoms with van der Waals surface area (Å²) in [6.45, 7) is 16.0. The standard InChI is InChI=1S/C11H15ClN2O3.C11H16N2O4.C6H12ClN.C2H3N/c1-11(2,3)17-10(16)13-7-5-8(9(12)15)14(4)6-7;1-11(2,3)17-10(16)12-7-5-8(9(14)15)13(4)6-7;1-5(2)6(7)8(3)4;1-2-3/h5-6H,1-4H3,(H,13,16);5-6H,1-4H3,(H,12,16)(H,14,15);1-4H3;1H3. The SMILES string of the molecule is CC#N.CC(C)=C(Cl)N(C)C.Cn1cc(NC(=O)OC(C)(C)C)cc1C(=O)Cl.Cn1cc(NC(=O)OC(C)(C)C)cc1C(=O)O. The minimum Gasteiger partial charge on any atom is -0.477 e. The molecule has 0 bridgehead atoms. The Hall–Kier alpha value is -4.15. The Morgan fingerprint density at radius 2 is 1.18 bits per heavy atom. The number of aromatic carboxylic acids is 1.